The number of rotatable bonds is 4. The van der Waals surface area contributed by atoms with Crippen molar-refractivity contribution in [1.82, 2.24) is 5.32 Å². The summed E-state index contributed by atoms with van der Waals surface area (Å²) >= 11 is 24.3. The van der Waals surface area contributed by atoms with E-state index in [9.17, 15) is 0 Å². The standard InChI is InChI=1S/C14H13Cl4NO/c1-7(2)19-6-8-3-4-11(20-8)12-9(15)5-10(16)13(17)14(12)18/h3-5,7,19H,6H2,1-2H3. The van der Waals surface area contributed by atoms with Gasteiger partial charge in [0.25, 0.3) is 0 Å². The second-order valence-electron chi connectivity index (χ2n) is 4.64. The van der Waals surface area contributed by atoms with Crippen LogP contribution in [0, 0.1) is 0 Å². The third kappa shape index (κ3) is 3.44. The molecule has 0 aliphatic carbocycles. The first-order valence-corrected chi connectivity index (χ1v) is 7.56. The summed E-state index contributed by atoms with van der Waals surface area (Å²) in [6.07, 6.45) is 0. The molecule has 0 fully saturated rings. The smallest absolute Gasteiger partial charge is 0.137 e. The summed E-state index contributed by atoms with van der Waals surface area (Å²) in [6.45, 7) is 4.77. The van der Waals surface area contributed by atoms with Gasteiger partial charge in [0.05, 0.1) is 32.2 Å². The predicted molar refractivity (Wildman–Crippen MR) is 86.2 cm³/mol. The zero-order valence-corrected chi connectivity index (χ0v) is 14.0. The highest BCUT2D eigenvalue weighted by molar-refractivity contribution is 6.51. The minimum atomic E-state index is 0.269. The number of benzene rings is 1. The first-order valence-electron chi connectivity index (χ1n) is 6.05. The van der Waals surface area contributed by atoms with E-state index in [-0.39, 0.29) is 5.02 Å². The van der Waals surface area contributed by atoms with Crippen LogP contribution in [0.1, 0.15) is 19.6 Å². The summed E-state index contributed by atoms with van der Waals surface area (Å²) in [5.74, 6) is 1.37. The van der Waals surface area contributed by atoms with E-state index in [1.807, 2.05) is 12.1 Å². The van der Waals surface area contributed by atoms with Crippen LogP contribution in [0.25, 0.3) is 11.3 Å². The molecule has 0 saturated carbocycles. The first-order chi connectivity index (χ1) is 9.40. The van der Waals surface area contributed by atoms with Gasteiger partial charge >= 0.3 is 0 Å². The van der Waals surface area contributed by atoms with Gasteiger partial charge in [-0.2, -0.15) is 0 Å². The second-order valence-corrected chi connectivity index (χ2v) is 6.22. The molecular formula is C14H13Cl4NO. The molecule has 2 nitrogen and oxygen atoms in total. The number of hydrogen-bond donors (Lipinski definition) is 1. The molecule has 108 valence electrons. The molecule has 2 aromatic rings. The minimum absolute atomic E-state index is 0.269. The fourth-order valence-corrected chi connectivity index (χ4v) is 2.80. The zero-order valence-electron chi connectivity index (χ0n) is 10.9. The normalized spacial score (nSPS) is 11.3. The largest absolute Gasteiger partial charge is 0.460 e. The first kappa shape index (κ1) is 16.0. The fraction of sp³-hybridized carbons (Fsp3) is 0.286. The molecule has 0 spiro atoms. The molecule has 1 aromatic carbocycles. The Bertz CT molecular complexity index is 622. The highest BCUT2D eigenvalue weighted by Gasteiger charge is 2.18. The minimum Gasteiger partial charge on any atom is -0.460 e. The summed E-state index contributed by atoms with van der Waals surface area (Å²) in [5, 5.41) is 4.56. The SMILES string of the molecule is CC(C)NCc1ccc(-c2c(Cl)cc(Cl)c(Cl)c2Cl)o1. The Morgan fingerprint density at radius 2 is 1.75 bits per heavy atom. The Morgan fingerprint density at radius 3 is 2.40 bits per heavy atom. The molecule has 0 aliphatic heterocycles. The van der Waals surface area contributed by atoms with Gasteiger partial charge in [0.2, 0.25) is 0 Å². The Morgan fingerprint density at radius 1 is 1.05 bits per heavy atom. The molecule has 0 bridgehead atoms. The Balaban J connectivity index is 2.35. The topological polar surface area (TPSA) is 25.2 Å². The molecule has 20 heavy (non-hydrogen) atoms. The van der Waals surface area contributed by atoms with Crippen molar-refractivity contribution in [2.75, 3.05) is 0 Å². The Labute approximate surface area is 138 Å². The zero-order chi connectivity index (χ0) is 14.9. The molecule has 2 rings (SSSR count). The molecule has 0 radical (unpaired) electrons. The lowest BCUT2D eigenvalue weighted by Crippen LogP contribution is -2.21. The van der Waals surface area contributed by atoms with Crippen molar-refractivity contribution >= 4 is 46.4 Å². The van der Waals surface area contributed by atoms with E-state index in [1.165, 1.54) is 0 Å². The summed E-state index contributed by atoms with van der Waals surface area (Å²) in [7, 11) is 0. The van der Waals surface area contributed by atoms with Crippen LogP contribution in [0.5, 0.6) is 0 Å². The average molecular weight is 353 g/mol. The van der Waals surface area contributed by atoms with E-state index in [0.29, 0.717) is 39.0 Å². The van der Waals surface area contributed by atoms with Crippen molar-refractivity contribution in [3.8, 4) is 11.3 Å². The van der Waals surface area contributed by atoms with Crippen molar-refractivity contribution < 1.29 is 4.42 Å². The van der Waals surface area contributed by atoms with Gasteiger partial charge in [-0.05, 0) is 18.2 Å². The lowest BCUT2D eigenvalue weighted by Gasteiger charge is -2.08. The van der Waals surface area contributed by atoms with E-state index in [2.05, 4.69) is 19.2 Å². The van der Waals surface area contributed by atoms with Crippen LogP contribution < -0.4 is 5.32 Å². The van der Waals surface area contributed by atoms with Crippen LogP contribution >= 0.6 is 46.4 Å². The van der Waals surface area contributed by atoms with E-state index in [0.717, 1.165) is 5.76 Å². The average Bonchev–Trinajstić information content (AvgIpc) is 2.82. The highest BCUT2D eigenvalue weighted by atomic mass is 35.5. The molecule has 1 N–H and O–H groups in total. The molecule has 0 aliphatic rings. The lowest BCUT2D eigenvalue weighted by atomic mass is 10.1. The maximum absolute atomic E-state index is 6.20. The maximum Gasteiger partial charge on any atom is 0.137 e. The van der Waals surface area contributed by atoms with Crippen LogP contribution in [0.4, 0.5) is 0 Å². The van der Waals surface area contributed by atoms with Crippen LogP contribution in [0.15, 0.2) is 22.6 Å². The van der Waals surface area contributed by atoms with E-state index >= 15 is 0 Å². The third-order valence-electron chi connectivity index (χ3n) is 2.71. The van der Waals surface area contributed by atoms with Crippen molar-refractivity contribution in [2.24, 2.45) is 0 Å². The molecule has 6 heteroatoms. The van der Waals surface area contributed by atoms with Crippen LogP contribution in [0.2, 0.25) is 20.1 Å². The van der Waals surface area contributed by atoms with Gasteiger partial charge in [0.15, 0.2) is 0 Å². The number of hydrogen-bond acceptors (Lipinski definition) is 2. The van der Waals surface area contributed by atoms with Crippen molar-refractivity contribution in [3.63, 3.8) is 0 Å². The van der Waals surface area contributed by atoms with E-state index in [1.54, 1.807) is 6.07 Å². The lowest BCUT2D eigenvalue weighted by molar-refractivity contribution is 0.473. The van der Waals surface area contributed by atoms with E-state index in [4.69, 9.17) is 50.8 Å². The van der Waals surface area contributed by atoms with Gasteiger partial charge in [0, 0.05) is 6.04 Å². The van der Waals surface area contributed by atoms with Gasteiger partial charge in [-0.3, -0.25) is 0 Å². The van der Waals surface area contributed by atoms with Crippen molar-refractivity contribution in [1.29, 1.82) is 0 Å². The van der Waals surface area contributed by atoms with Crippen LogP contribution in [-0.2, 0) is 6.54 Å². The second kappa shape index (κ2) is 6.59. The molecule has 0 amide bonds. The third-order valence-corrected chi connectivity index (χ3v) is 4.27. The van der Waals surface area contributed by atoms with E-state index < -0.39 is 0 Å². The molecule has 1 heterocycles. The fourth-order valence-electron chi connectivity index (χ4n) is 1.70. The monoisotopic (exact) mass is 351 g/mol. The molecule has 0 atom stereocenters. The number of nitrogens with one attached hydrogen (secondary N) is 1. The maximum atomic E-state index is 6.20. The quantitative estimate of drug-likeness (QED) is 0.534. The van der Waals surface area contributed by atoms with Crippen LogP contribution in [0.3, 0.4) is 0 Å². The van der Waals surface area contributed by atoms with Crippen LogP contribution in [-0.4, -0.2) is 6.04 Å². The summed E-state index contributed by atoms with van der Waals surface area (Å²) < 4.78 is 5.74. The number of furan rings is 1. The summed E-state index contributed by atoms with van der Waals surface area (Å²) in [5.41, 5.74) is 0.554. The van der Waals surface area contributed by atoms with Crippen molar-refractivity contribution in [2.45, 2.75) is 26.4 Å². The highest BCUT2D eigenvalue weighted by Crippen LogP contribution is 2.43. The van der Waals surface area contributed by atoms with Gasteiger partial charge in [-0.1, -0.05) is 60.3 Å². The molecular weight excluding hydrogens is 340 g/mol. The van der Waals surface area contributed by atoms with Gasteiger partial charge < -0.3 is 9.73 Å². The molecule has 1 aromatic heterocycles. The van der Waals surface area contributed by atoms with Crippen molar-refractivity contribution in [3.05, 3.63) is 44.0 Å². The Kier molecular flexibility index (Phi) is 5.27. The van der Waals surface area contributed by atoms with Gasteiger partial charge in [-0.25, -0.2) is 0 Å². The predicted octanol–water partition coefficient (Wildman–Crippen LogP) is 6.06. The van der Waals surface area contributed by atoms with Gasteiger partial charge in [-0.15, -0.1) is 0 Å². The molecule has 0 unspecified atom stereocenters. The molecule has 0 saturated heterocycles. The Hall–Kier alpha value is -0.380. The number of halogens is 4. The van der Waals surface area contributed by atoms with Gasteiger partial charge in [0.1, 0.15) is 11.5 Å². The summed E-state index contributed by atoms with van der Waals surface area (Å²) in [6, 6.07) is 5.62. The summed E-state index contributed by atoms with van der Waals surface area (Å²) in [4.78, 5) is 0.